The number of hydrogen-bond donors (Lipinski definition) is 2. The topological polar surface area (TPSA) is 53.6 Å². The Kier molecular flexibility index (Phi) is 5.49. The number of amides is 1. The Morgan fingerprint density at radius 3 is 2.38 bits per heavy atom. The van der Waals surface area contributed by atoms with E-state index in [1.807, 2.05) is 20.8 Å². The molecular formula is C16H31N3O2. The highest BCUT2D eigenvalue weighted by Gasteiger charge is 2.36. The smallest absolute Gasteiger partial charge is 0.408 e. The molecule has 2 fully saturated rings. The average molecular weight is 297 g/mol. The summed E-state index contributed by atoms with van der Waals surface area (Å²) in [6.07, 6.45) is 5.54. The van der Waals surface area contributed by atoms with E-state index >= 15 is 0 Å². The van der Waals surface area contributed by atoms with E-state index in [0.717, 1.165) is 45.6 Å². The van der Waals surface area contributed by atoms with Gasteiger partial charge in [-0.3, -0.25) is 4.90 Å². The third kappa shape index (κ3) is 5.47. The first kappa shape index (κ1) is 16.6. The van der Waals surface area contributed by atoms with Gasteiger partial charge in [-0.15, -0.1) is 0 Å². The second kappa shape index (κ2) is 6.97. The number of nitrogens with one attached hydrogen (secondary N) is 2. The fourth-order valence-electron chi connectivity index (χ4n) is 3.37. The van der Waals surface area contributed by atoms with Gasteiger partial charge in [0, 0.05) is 32.7 Å². The molecule has 0 unspecified atom stereocenters. The molecule has 1 aliphatic carbocycles. The molecule has 0 aromatic carbocycles. The van der Waals surface area contributed by atoms with Crippen molar-refractivity contribution in [3.05, 3.63) is 0 Å². The van der Waals surface area contributed by atoms with Crippen molar-refractivity contribution in [3.8, 4) is 0 Å². The van der Waals surface area contributed by atoms with Gasteiger partial charge in [0.2, 0.25) is 0 Å². The Balaban J connectivity index is 1.97. The third-order valence-corrected chi connectivity index (χ3v) is 4.31. The van der Waals surface area contributed by atoms with Gasteiger partial charge in [-0.25, -0.2) is 4.79 Å². The molecule has 1 amide bonds. The highest BCUT2D eigenvalue weighted by molar-refractivity contribution is 5.68. The van der Waals surface area contributed by atoms with Crippen LogP contribution < -0.4 is 10.6 Å². The minimum atomic E-state index is -0.436. The lowest BCUT2D eigenvalue weighted by atomic mass is 9.81. The number of carbonyl (C=O) groups excluding carboxylic acids is 1. The number of piperazine rings is 1. The average Bonchev–Trinajstić information content (AvgIpc) is 2.38. The van der Waals surface area contributed by atoms with E-state index in [9.17, 15) is 4.79 Å². The maximum Gasteiger partial charge on any atom is 0.408 e. The highest BCUT2D eigenvalue weighted by Crippen LogP contribution is 2.29. The number of carbonyl (C=O) groups is 1. The molecule has 0 aromatic rings. The predicted molar refractivity (Wildman–Crippen MR) is 84.5 cm³/mol. The number of nitrogens with zero attached hydrogens (tertiary/aromatic N) is 1. The summed E-state index contributed by atoms with van der Waals surface area (Å²) in [6.45, 7) is 10.9. The molecule has 5 nitrogen and oxygen atoms in total. The van der Waals surface area contributed by atoms with Gasteiger partial charge in [-0.05, 0) is 33.6 Å². The Morgan fingerprint density at radius 1 is 1.19 bits per heavy atom. The van der Waals surface area contributed by atoms with Crippen LogP contribution in [0, 0.1) is 0 Å². The van der Waals surface area contributed by atoms with Crippen LogP contribution in [0.15, 0.2) is 0 Å². The zero-order chi connectivity index (χ0) is 15.3. The molecule has 2 rings (SSSR count). The number of hydrogen-bond acceptors (Lipinski definition) is 4. The fourth-order valence-corrected chi connectivity index (χ4v) is 3.37. The fraction of sp³-hybridized carbons (Fsp3) is 0.938. The van der Waals surface area contributed by atoms with Gasteiger partial charge in [-0.1, -0.05) is 19.3 Å². The SMILES string of the molecule is CC(C)(C)OC(=O)NC1(CN2CCNCC2)CCCCC1. The van der Waals surface area contributed by atoms with Crippen LogP contribution >= 0.6 is 0 Å². The quantitative estimate of drug-likeness (QED) is 0.838. The summed E-state index contributed by atoms with van der Waals surface area (Å²) >= 11 is 0. The normalized spacial score (nSPS) is 23.6. The van der Waals surface area contributed by atoms with Gasteiger partial charge in [-0.2, -0.15) is 0 Å². The Morgan fingerprint density at radius 2 is 1.81 bits per heavy atom. The number of rotatable bonds is 3. The minimum absolute atomic E-state index is 0.0993. The van der Waals surface area contributed by atoms with E-state index < -0.39 is 5.60 Å². The molecule has 2 N–H and O–H groups in total. The van der Waals surface area contributed by atoms with Gasteiger partial charge in [0.05, 0.1) is 5.54 Å². The molecule has 0 bridgehead atoms. The van der Waals surface area contributed by atoms with Crippen molar-refractivity contribution in [1.82, 2.24) is 15.5 Å². The van der Waals surface area contributed by atoms with Crippen LogP contribution in [-0.2, 0) is 4.74 Å². The molecular weight excluding hydrogens is 266 g/mol. The van der Waals surface area contributed by atoms with E-state index in [0.29, 0.717) is 0 Å². The molecule has 5 heteroatoms. The lowest BCUT2D eigenvalue weighted by Crippen LogP contribution is -2.59. The molecule has 122 valence electrons. The van der Waals surface area contributed by atoms with Crippen LogP contribution in [0.5, 0.6) is 0 Å². The Hall–Kier alpha value is -0.810. The standard InChI is InChI=1S/C16H31N3O2/c1-15(2,3)21-14(20)18-16(7-5-4-6-8-16)13-19-11-9-17-10-12-19/h17H,4-13H2,1-3H3,(H,18,20). The van der Waals surface area contributed by atoms with Crippen LogP contribution in [0.3, 0.4) is 0 Å². The zero-order valence-electron chi connectivity index (χ0n) is 13.8. The van der Waals surface area contributed by atoms with Crippen molar-refractivity contribution in [1.29, 1.82) is 0 Å². The Labute approximate surface area is 128 Å². The summed E-state index contributed by atoms with van der Waals surface area (Å²) in [5, 5.41) is 6.60. The van der Waals surface area contributed by atoms with Crippen molar-refractivity contribution in [2.24, 2.45) is 0 Å². The Bertz CT molecular complexity index is 340. The van der Waals surface area contributed by atoms with Crippen molar-refractivity contribution in [3.63, 3.8) is 0 Å². The van der Waals surface area contributed by atoms with E-state index in [2.05, 4.69) is 15.5 Å². The van der Waals surface area contributed by atoms with Gasteiger partial charge in [0.15, 0.2) is 0 Å². The third-order valence-electron chi connectivity index (χ3n) is 4.31. The van der Waals surface area contributed by atoms with Crippen LogP contribution in [0.4, 0.5) is 4.79 Å². The van der Waals surface area contributed by atoms with Gasteiger partial charge < -0.3 is 15.4 Å². The van der Waals surface area contributed by atoms with Gasteiger partial charge >= 0.3 is 6.09 Å². The molecule has 2 aliphatic rings. The van der Waals surface area contributed by atoms with E-state index in [-0.39, 0.29) is 11.6 Å². The largest absolute Gasteiger partial charge is 0.444 e. The first-order valence-corrected chi connectivity index (χ1v) is 8.33. The van der Waals surface area contributed by atoms with Crippen LogP contribution in [0.1, 0.15) is 52.9 Å². The van der Waals surface area contributed by atoms with Crippen LogP contribution in [0.25, 0.3) is 0 Å². The summed E-state index contributed by atoms with van der Waals surface area (Å²) in [4.78, 5) is 14.7. The summed E-state index contributed by atoms with van der Waals surface area (Å²) in [7, 11) is 0. The molecule has 1 heterocycles. The number of ether oxygens (including phenoxy) is 1. The molecule has 0 spiro atoms. The lowest BCUT2D eigenvalue weighted by molar-refractivity contribution is 0.0371. The first-order chi connectivity index (χ1) is 9.89. The van der Waals surface area contributed by atoms with Crippen molar-refractivity contribution in [2.45, 2.75) is 64.0 Å². The van der Waals surface area contributed by atoms with E-state index in [1.54, 1.807) is 0 Å². The van der Waals surface area contributed by atoms with E-state index in [1.165, 1.54) is 19.3 Å². The second-order valence-corrected chi connectivity index (χ2v) is 7.49. The first-order valence-electron chi connectivity index (χ1n) is 8.33. The summed E-state index contributed by atoms with van der Waals surface area (Å²) in [5.74, 6) is 0. The second-order valence-electron chi connectivity index (χ2n) is 7.49. The van der Waals surface area contributed by atoms with E-state index in [4.69, 9.17) is 4.74 Å². The maximum atomic E-state index is 12.2. The maximum absolute atomic E-state index is 12.2. The molecule has 0 radical (unpaired) electrons. The summed E-state index contributed by atoms with van der Waals surface area (Å²) in [5.41, 5.74) is -0.535. The predicted octanol–water partition coefficient (Wildman–Crippen LogP) is 2.12. The molecule has 1 saturated carbocycles. The molecule has 21 heavy (non-hydrogen) atoms. The lowest BCUT2D eigenvalue weighted by Gasteiger charge is -2.43. The summed E-state index contributed by atoms with van der Waals surface area (Å²) in [6, 6.07) is 0. The minimum Gasteiger partial charge on any atom is -0.444 e. The molecule has 1 saturated heterocycles. The number of alkyl carbamates (subject to hydrolysis) is 1. The monoisotopic (exact) mass is 297 g/mol. The van der Waals surface area contributed by atoms with Crippen LogP contribution in [-0.4, -0.2) is 54.9 Å². The van der Waals surface area contributed by atoms with Gasteiger partial charge in [0.25, 0.3) is 0 Å². The van der Waals surface area contributed by atoms with Crippen molar-refractivity contribution >= 4 is 6.09 Å². The highest BCUT2D eigenvalue weighted by atomic mass is 16.6. The van der Waals surface area contributed by atoms with Crippen molar-refractivity contribution in [2.75, 3.05) is 32.7 Å². The molecule has 0 atom stereocenters. The summed E-state index contributed by atoms with van der Waals surface area (Å²) < 4.78 is 5.47. The van der Waals surface area contributed by atoms with Crippen molar-refractivity contribution < 1.29 is 9.53 Å². The van der Waals surface area contributed by atoms with Crippen LogP contribution in [0.2, 0.25) is 0 Å². The van der Waals surface area contributed by atoms with Gasteiger partial charge in [0.1, 0.15) is 5.60 Å². The zero-order valence-corrected chi connectivity index (χ0v) is 13.8. The molecule has 0 aromatic heterocycles. The molecule has 1 aliphatic heterocycles.